The molecule has 1 amide bonds. The van der Waals surface area contributed by atoms with Gasteiger partial charge in [0.25, 0.3) is 5.91 Å². The number of nitrogens with zero attached hydrogens (tertiary/aromatic N) is 1. The molecule has 0 saturated heterocycles. The van der Waals surface area contributed by atoms with Crippen molar-refractivity contribution in [2.75, 3.05) is 0 Å². The van der Waals surface area contributed by atoms with Crippen LogP contribution in [0.2, 0.25) is 0 Å². The van der Waals surface area contributed by atoms with Crippen LogP contribution in [-0.2, 0) is 6.42 Å². The monoisotopic (exact) mass is 252 g/mol. The van der Waals surface area contributed by atoms with Crippen LogP contribution in [0.5, 0.6) is 0 Å². The van der Waals surface area contributed by atoms with E-state index in [1.165, 1.54) is 5.56 Å². The van der Waals surface area contributed by atoms with Crippen LogP contribution in [0.3, 0.4) is 0 Å². The lowest BCUT2D eigenvalue weighted by molar-refractivity contribution is 0.0954. The van der Waals surface area contributed by atoms with Crippen LogP contribution >= 0.6 is 0 Å². The summed E-state index contributed by atoms with van der Waals surface area (Å²) in [6, 6.07) is 19.1. The molecule has 19 heavy (non-hydrogen) atoms. The minimum absolute atomic E-state index is 0.187. The van der Waals surface area contributed by atoms with E-state index in [2.05, 4.69) is 10.5 Å². The van der Waals surface area contributed by atoms with E-state index in [1.807, 2.05) is 55.5 Å². The van der Waals surface area contributed by atoms with E-state index in [9.17, 15) is 4.79 Å². The van der Waals surface area contributed by atoms with Gasteiger partial charge >= 0.3 is 0 Å². The number of rotatable bonds is 4. The first-order chi connectivity index (χ1) is 9.25. The Labute approximate surface area is 113 Å². The SMILES string of the molecule is CC(Cc1ccccc1)=NNC(=O)c1ccccc1. The van der Waals surface area contributed by atoms with Crippen molar-refractivity contribution in [1.29, 1.82) is 0 Å². The molecule has 0 radical (unpaired) electrons. The Morgan fingerprint density at radius 3 is 2.21 bits per heavy atom. The van der Waals surface area contributed by atoms with E-state index >= 15 is 0 Å². The van der Waals surface area contributed by atoms with Crippen molar-refractivity contribution in [3.63, 3.8) is 0 Å². The van der Waals surface area contributed by atoms with Gasteiger partial charge in [-0.15, -0.1) is 0 Å². The van der Waals surface area contributed by atoms with Crippen LogP contribution in [-0.4, -0.2) is 11.6 Å². The van der Waals surface area contributed by atoms with Gasteiger partial charge in [0, 0.05) is 17.7 Å². The smallest absolute Gasteiger partial charge is 0.267 e. The minimum atomic E-state index is -0.187. The number of hydrogen-bond acceptors (Lipinski definition) is 2. The fraction of sp³-hybridized carbons (Fsp3) is 0.125. The van der Waals surface area contributed by atoms with Crippen LogP contribution in [0.4, 0.5) is 0 Å². The molecule has 0 aliphatic rings. The molecule has 0 heterocycles. The molecule has 0 atom stereocenters. The number of benzene rings is 2. The van der Waals surface area contributed by atoms with E-state index in [0.29, 0.717) is 5.56 Å². The third-order valence-corrected chi connectivity index (χ3v) is 2.69. The van der Waals surface area contributed by atoms with Gasteiger partial charge in [-0.3, -0.25) is 4.79 Å². The molecule has 96 valence electrons. The van der Waals surface area contributed by atoms with Crippen molar-refractivity contribution in [2.45, 2.75) is 13.3 Å². The second kappa shape index (κ2) is 6.50. The molecule has 3 heteroatoms. The normalized spacial score (nSPS) is 11.1. The maximum atomic E-state index is 11.8. The Kier molecular flexibility index (Phi) is 4.45. The summed E-state index contributed by atoms with van der Waals surface area (Å²) in [5.74, 6) is -0.187. The number of amides is 1. The van der Waals surface area contributed by atoms with Crippen molar-refractivity contribution in [3.05, 3.63) is 71.8 Å². The molecule has 0 aromatic heterocycles. The van der Waals surface area contributed by atoms with E-state index in [4.69, 9.17) is 0 Å². The third-order valence-electron chi connectivity index (χ3n) is 2.69. The maximum absolute atomic E-state index is 11.8. The van der Waals surface area contributed by atoms with Gasteiger partial charge in [-0.2, -0.15) is 5.10 Å². The van der Waals surface area contributed by atoms with Gasteiger partial charge in [-0.25, -0.2) is 5.43 Å². The molecule has 0 aliphatic heterocycles. The van der Waals surface area contributed by atoms with Crippen LogP contribution < -0.4 is 5.43 Å². The standard InChI is InChI=1S/C16H16N2O/c1-13(12-14-8-4-2-5-9-14)17-18-16(19)15-10-6-3-7-11-15/h2-11H,12H2,1H3,(H,18,19). The molecule has 0 bridgehead atoms. The zero-order chi connectivity index (χ0) is 13.5. The summed E-state index contributed by atoms with van der Waals surface area (Å²) in [5.41, 5.74) is 5.23. The van der Waals surface area contributed by atoms with Crippen LogP contribution in [0.25, 0.3) is 0 Å². The first-order valence-corrected chi connectivity index (χ1v) is 6.18. The number of carbonyl (C=O) groups excluding carboxylic acids is 1. The highest BCUT2D eigenvalue weighted by Crippen LogP contribution is 2.01. The van der Waals surface area contributed by atoms with E-state index in [0.717, 1.165) is 12.1 Å². The van der Waals surface area contributed by atoms with Gasteiger partial charge in [-0.05, 0) is 24.6 Å². The van der Waals surface area contributed by atoms with Gasteiger partial charge in [0.15, 0.2) is 0 Å². The third kappa shape index (κ3) is 4.07. The van der Waals surface area contributed by atoms with Crippen LogP contribution in [0.15, 0.2) is 65.8 Å². The highest BCUT2D eigenvalue weighted by Gasteiger charge is 2.02. The molecule has 0 spiro atoms. The summed E-state index contributed by atoms with van der Waals surface area (Å²) in [6.07, 6.45) is 0.732. The fourth-order valence-electron chi connectivity index (χ4n) is 1.73. The van der Waals surface area contributed by atoms with Gasteiger partial charge in [0.1, 0.15) is 0 Å². The van der Waals surface area contributed by atoms with Gasteiger partial charge in [0.2, 0.25) is 0 Å². The van der Waals surface area contributed by atoms with Gasteiger partial charge < -0.3 is 0 Å². The van der Waals surface area contributed by atoms with Crippen molar-refractivity contribution in [1.82, 2.24) is 5.43 Å². The fourth-order valence-corrected chi connectivity index (χ4v) is 1.73. The molecule has 2 aromatic rings. The maximum Gasteiger partial charge on any atom is 0.271 e. The average molecular weight is 252 g/mol. The zero-order valence-corrected chi connectivity index (χ0v) is 10.8. The highest BCUT2D eigenvalue weighted by atomic mass is 16.2. The lowest BCUT2D eigenvalue weighted by Crippen LogP contribution is -2.19. The largest absolute Gasteiger partial charge is 0.271 e. The Morgan fingerprint density at radius 2 is 1.58 bits per heavy atom. The number of carbonyl (C=O) groups is 1. The van der Waals surface area contributed by atoms with Crippen molar-refractivity contribution in [2.24, 2.45) is 5.10 Å². The molecule has 0 fully saturated rings. The molecule has 3 nitrogen and oxygen atoms in total. The van der Waals surface area contributed by atoms with Gasteiger partial charge in [0.05, 0.1) is 0 Å². The van der Waals surface area contributed by atoms with Gasteiger partial charge in [-0.1, -0.05) is 48.5 Å². The quantitative estimate of drug-likeness (QED) is 0.659. The number of hydrazone groups is 1. The van der Waals surface area contributed by atoms with E-state index in [1.54, 1.807) is 12.1 Å². The lowest BCUT2D eigenvalue weighted by Gasteiger charge is -2.03. The predicted molar refractivity (Wildman–Crippen MR) is 77.2 cm³/mol. The van der Waals surface area contributed by atoms with E-state index in [-0.39, 0.29) is 5.91 Å². The molecule has 0 aliphatic carbocycles. The molecule has 0 unspecified atom stereocenters. The number of hydrogen-bond donors (Lipinski definition) is 1. The van der Waals surface area contributed by atoms with Crippen molar-refractivity contribution < 1.29 is 4.79 Å². The first kappa shape index (κ1) is 13.0. The Balaban J connectivity index is 1.93. The Hall–Kier alpha value is -2.42. The van der Waals surface area contributed by atoms with Crippen LogP contribution in [0.1, 0.15) is 22.8 Å². The van der Waals surface area contributed by atoms with E-state index < -0.39 is 0 Å². The van der Waals surface area contributed by atoms with Crippen molar-refractivity contribution >= 4 is 11.6 Å². The summed E-state index contributed by atoms with van der Waals surface area (Å²) in [6.45, 7) is 1.90. The first-order valence-electron chi connectivity index (χ1n) is 6.18. The summed E-state index contributed by atoms with van der Waals surface area (Å²) >= 11 is 0. The highest BCUT2D eigenvalue weighted by molar-refractivity contribution is 5.95. The average Bonchev–Trinajstić information content (AvgIpc) is 2.47. The molecular weight excluding hydrogens is 236 g/mol. The Bertz CT molecular complexity index is 562. The minimum Gasteiger partial charge on any atom is -0.267 e. The van der Waals surface area contributed by atoms with Crippen LogP contribution in [0, 0.1) is 0 Å². The summed E-state index contributed by atoms with van der Waals surface area (Å²) < 4.78 is 0. The van der Waals surface area contributed by atoms with Crippen molar-refractivity contribution in [3.8, 4) is 0 Å². The zero-order valence-electron chi connectivity index (χ0n) is 10.8. The second-order valence-corrected chi connectivity index (χ2v) is 4.32. The molecule has 0 saturated carbocycles. The predicted octanol–water partition coefficient (Wildman–Crippen LogP) is 3.04. The molecule has 1 N–H and O–H groups in total. The summed E-state index contributed by atoms with van der Waals surface area (Å²) in [5, 5.41) is 4.11. The number of nitrogens with one attached hydrogen (secondary N) is 1. The second-order valence-electron chi connectivity index (χ2n) is 4.32. The molecular formula is C16H16N2O. The summed E-state index contributed by atoms with van der Waals surface area (Å²) in [7, 11) is 0. The molecule has 2 rings (SSSR count). The Morgan fingerprint density at radius 1 is 1.00 bits per heavy atom. The lowest BCUT2D eigenvalue weighted by atomic mass is 10.1. The molecule has 2 aromatic carbocycles. The summed E-state index contributed by atoms with van der Waals surface area (Å²) in [4.78, 5) is 11.8. The topological polar surface area (TPSA) is 41.5 Å².